The van der Waals surface area contributed by atoms with E-state index in [4.69, 9.17) is 12.2 Å². The molecule has 2 aromatic heterocycles. The van der Waals surface area contributed by atoms with Crippen molar-refractivity contribution in [2.45, 2.75) is 39.7 Å². The zero-order chi connectivity index (χ0) is 11.9. The highest BCUT2D eigenvalue weighted by molar-refractivity contribution is 7.71. The van der Waals surface area contributed by atoms with Gasteiger partial charge in [-0.05, 0) is 32.0 Å². The molecule has 2 aromatic rings. The maximum Gasteiger partial charge on any atom is 0.179 e. The van der Waals surface area contributed by atoms with E-state index in [9.17, 15) is 0 Å². The van der Waals surface area contributed by atoms with Gasteiger partial charge in [0, 0.05) is 13.1 Å². The van der Waals surface area contributed by atoms with Gasteiger partial charge in [-0.2, -0.15) is 5.10 Å². The third kappa shape index (κ3) is 1.50. The molecule has 0 radical (unpaired) electrons. The number of aromatic nitrogens is 4. The summed E-state index contributed by atoms with van der Waals surface area (Å²) >= 11 is 5.40. The predicted molar refractivity (Wildman–Crippen MR) is 68.2 cm³/mol. The van der Waals surface area contributed by atoms with Crippen LogP contribution in [0.3, 0.4) is 0 Å². The first-order valence-corrected chi connectivity index (χ1v) is 6.14. The van der Waals surface area contributed by atoms with Crippen molar-refractivity contribution >= 4 is 23.4 Å². The second kappa shape index (κ2) is 4.05. The molecule has 0 unspecified atom stereocenters. The molecule has 1 N–H and O–H groups in total. The molecule has 0 atom stereocenters. The van der Waals surface area contributed by atoms with Crippen LogP contribution in [0.15, 0.2) is 0 Å². The molecule has 5 heteroatoms. The Hall–Kier alpha value is -1.10. The first kappa shape index (κ1) is 11.4. The SMILES string of the molecule is CCC(CC)n1c(=S)[nH]c2c(C)nn(C)c21. The lowest BCUT2D eigenvalue weighted by atomic mass is 10.2. The lowest BCUT2D eigenvalue weighted by molar-refractivity contribution is 0.470. The fourth-order valence-electron chi connectivity index (χ4n) is 2.32. The number of fused-ring (bicyclic) bond motifs is 1. The van der Waals surface area contributed by atoms with Gasteiger partial charge in [0.15, 0.2) is 10.4 Å². The van der Waals surface area contributed by atoms with Crippen molar-refractivity contribution in [2.75, 3.05) is 0 Å². The number of hydrogen-bond donors (Lipinski definition) is 1. The summed E-state index contributed by atoms with van der Waals surface area (Å²) in [6, 6.07) is 0.455. The van der Waals surface area contributed by atoms with Gasteiger partial charge in [-0.25, -0.2) is 0 Å². The van der Waals surface area contributed by atoms with Crippen molar-refractivity contribution in [1.29, 1.82) is 0 Å². The summed E-state index contributed by atoms with van der Waals surface area (Å²) in [5.41, 5.74) is 3.18. The van der Waals surface area contributed by atoms with Crippen molar-refractivity contribution in [2.24, 2.45) is 7.05 Å². The van der Waals surface area contributed by atoms with Gasteiger partial charge in [0.25, 0.3) is 0 Å². The molecule has 0 spiro atoms. The molecule has 0 fully saturated rings. The first-order valence-electron chi connectivity index (χ1n) is 5.73. The lowest BCUT2D eigenvalue weighted by Crippen LogP contribution is -2.09. The van der Waals surface area contributed by atoms with E-state index in [0.29, 0.717) is 6.04 Å². The van der Waals surface area contributed by atoms with Crippen LogP contribution in [0.4, 0.5) is 0 Å². The highest BCUT2D eigenvalue weighted by atomic mass is 32.1. The molecule has 4 nitrogen and oxygen atoms in total. The number of rotatable bonds is 3. The summed E-state index contributed by atoms with van der Waals surface area (Å²) < 4.78 is 4.92. The smallest absolute Gasteiger partial charge is 0.179 e. The molecule has 16 heavy (non-hydrogen) atoms. The molecule has 0 aromatic carbocycles. The standard InChI is InChI=1S/C11H18N4S/c1-5-8(6-2)15-10-9(12-11(15)16)7(3)13-14(10)4/h8H,5-6H2,1-4H3,(H,12,16). The zero-order valence-electron chi connectivity index (χ0n) is 10.2. The Balaban J connectivity index is 2.77. The van der Waals surface area contributed by atoms with Crippen LogP contribution < -0.4 is 0 Å². The lowest BCUT2D eigenvalue weighted by Gasteiger charge is -2.15. The van der Waals surface area contributed by atoms with Crippen molar-refractivity contribution < 1.29 is 0 Å². The largest absolute Gasteiger partial charge is 0.328 e. The normalized spacial score (nSPS) is 11.8. The van der Waals surface area contributed by atoms with E-state index in [1.165, 1.54) is 0 Å². The average Bonchev–Trinajstić information content (AvgIpc) is 2.70. The quantitative estimate of drug-likeness (QED) is 0.834. The van der Waals surface area contributed by atoms with E-state index < -0.39 is 0 Å². The molecule has 0 aliphatic heterocycles. The van der Waals surface area contributed by atoms with Gasteiger partial charge in [0.05, 0.1) is 5.69 Å². The van der Waals surface area contributed by atoms with E-state index in [2.05, 4.69) is 28.5 Å². The maximum absolute atomic E-state index is 5.40. The Bertz CT molecular complexity index is 556. The third-order valence-corrected chi connectivity index (χ3v) is 3.48. The van der Waals surface area contributed by atoms with Crippen LogP contribution in [-0.2, 0) is 7.05 Å². The average molecular weight is 238 g/mol. The van der Waals surface area contributed by atoms with Crippen LogP contribution in [0.25, 0.3) is 11.2 Å². The first-order chi connectivity index (χ1) is 7.60. The van der Waals surface area contributed by atoms with E-state index in [1.807, 2.05) is 18.7 Å². The summed E-state index contributed by atoms with van der Waals surface area (Å²) in [7, 11) is 1.97. The maximum atomic E-state index is 5.40. The van der Waals surface area contributed by atoms with Crippen molar-refractivity contribution in [1.82, 2.24) is 19.3 Å². The molecule has 0 amide bonds. The van der Waals surface area contributed by atoms with Crippen LogP contribution in [0.2, 0.25) is 0 Å². The Morgan fingerprint density at radius 3 is 2.56 bits per heavy atom. The van der Waals surface area contributed by atoms with Gasteiger partial charge in [-0.1, -0.05) is 13.8 Å². The van der Waals surface area contributed by atoms with Crippen LogP contribution in [-0.4, -0.2) is 19.3 Å². The highest BCUT2D eigenvalue weighted by Crippen LogP contribution is 2.24. The van der Waals surface area contributed by atoms with E-state index >= 15 is 0 Å². The van der Waals surface area contributed by atoms with Crippen LogP contribution in [0, 0.1) is 11.7 Å². The number of aromatic amines is 1. The highest BCUT2D eigenvalue weighted by Gasteiger charge is 2.17. The Kier molecular flexibility index (Phi) is 2.88. The molecule has 0 aliphatic carbocycles. The Labute approximate surface area is 100 Å². The Morgan fingerprint density at radius 1 is 1.38 bits per heavy atom. The Morgan fingerprint density at radius 2 is 2.00 bits per heavy atom. The summed E-state index contributed by atoms with van der Waals surface area (Å²) in [4.78, 5) is 3.26. The zero-order valence-corrected chi connectivity index (χ0v) is 11.1. The number of H-pyrrole nitrogens is 1. The summed E-state index contributed by atoms with van der Waals surface area (Å²) in [6.07, 6.45) is 2.17. The minimum absolute atomic E-state index is 0.455. The topological polar surface area (TPSA) is 38.5 Å². The van der Waals surface area contributed by atoms with E-state index in [-0.39, 0.29) is 0 Å². The number of nitrogens with zero attached hydrogens (tertiary/aromatic N) is 3. The van der Waals surface area contributed by atoms with Crippen LogP contribution >= 0.6 is 12.2 Å². The van der Waals surface area contributed by atoms with Crippen molar-refractivity contribution in [3.63, 3.8) is 0 Å². The van der Waals surface area contributed by atoms with Gasteiger partial charge in [-0.3, -0.25) is 9.25 Å². The molecule has 0 saturated carbocycles. The summed E-state index contributed by atoms with van der Waals surface area (Å²) in [5.74, 6) is 0. The number of imidazole rings is 1. The number of hydrogen-bond acceptors (Lipinski definition) is 2. The molecule has 88 valence electrons. The monoisotopic (exact) mass is 238 g/mol. The molecular weight excluding hydrogens is 220 g/mol. The molecule has 0 bridgehead atoms. The molecule has 2 rings (SSSR count). The predicted octanol–water partition coefficient (Wildman–Crippen LogP) is 3.10. The molecular formula is C11H18N4S. The van der Waals surface area contributed by atoms with Crippen molar-refractivity contribution in [3.8, 4) is 0 Å². The number of nitrogens with one attached hydrogen (secondary N) is 1. The van der Waals surface area contributed by atoms with Crippen molar-refractivity contribution in [3.05, 3.63) is 10.5 Å². The second-order valence-electron chi connectivity index (χ2n) is 4.18. The molecule has 0 saturated heterocycles. The van der Waals surface area contributed by atoms with Gasteiger partial charge in [-0.15, -0.1) is 0 Å². The number of aryl methyl sites for hydroxylation is 2. The molecule has 2 heterocycles. The third-order valence-electron chi connectivity index (χ3n) is 3.18. The summed E-state index contributed by atoms with van der Waals surface area (Å²) in [5, 5.41) is 4.42. The van der Waals surface area contributed by atoms with Gasteiger partial charge in [0.2, 0.25) is 0 Å². The van der Waals surface area contributed by atoms with Crippen LogP contribution in [0.1, 0.15) is 38.4 Å². The van der Waals surface area contributed by atoms with Gasteiger partial charge >= 0.3 is 0 Å². The van der Waals surface area contributed by atoms with Gasteiger partial charge in [0.1, 0.15) is 5.52 Å². The van der Waals surface area contributed by atoms with Gasteiger partial charge < -0.3 is 4.98 Å². The van der Waals surface area contributed by atoms with E-state index in [0.717, 1.165) is 34.5 Å². The van der Waals surface area contributed by atoms with Crippen LogP contribution in [0.5, 0.6) is 0 Å². The minimum Gasteiger partial charge on any atom is -0.328 e. The second-order valence-corrected chi connectivity index (χ2v) is 4.56. The fourth-order valence-corrected chi connectivity index (χ4v) is 2.66. The fraction of sp³-hybridized carbons (Fsp3) is 0.636. The minimum atomic E-state index is 0.455. The molecule has 0 aliphatic rings. The van der Waals surface area contributed by atoms with E-state index in [1.54, 1.807) is 0 Å². The summed E-state index contributed by atoms with van der Waals surface area (Å²) in [6.45, 7) is 6.39.